The fourth-order valence-corrected chi connectivity index (χ4v) is 1.20. The predicted octanol–water partition coefficient (Wildman–Crippen LogP) is 1.16. The maximum Gasteiger partial charge on any atom is 0.175 e. The highest BCUT2D eigenvalue weighted by Gasteiger charge is 2.10. The first-order valence-electron chi connectivity index (χ1n) is 5.10. The summed E-state index contributed by atoms with van der Waals surface area (Å²) in [5.41, 5.74) is 0. The molecule has 80 valence electrons. The van der Waals surface area contributed by atoms with Crippen molar-refractivity contribution in [2.24, 2.45) is 5.92 Å². The lowest BCUT2D eigenvalue weighted by Gasteiger charge is -2.05. The molecule has 0 bridgehead atoms. The van der Waals surface area contributed by atoms with Crippen molar-refractivity contribution in [3.63, 3.8) is 0 Å². The number of hydrogen-bond acceptors (Lipinski definition) is 4. The van der Waals surface area contributed by atoms with Gasteiger partial charge in [0, 0.05) is 6.42 Å². The van der Waals surface area contributed by atoms with Gasteiger partial charge in [0.15, 0.2) is 12.1 Å². The number of tetrazole rings is 1. The summed E-state index contributed by atoms with van der Waals surface area (Å²) in [6, 6.07) is 0. The third kappa shape index (κ3) is 3.06. The first kappa shape index (κ1) is 11.1. The van der Waals surface area contributed by atoms with E-state index in [1.807, 2.05) is 6.92 Å². The van der Waals surface area contributed by atoms with E-state index in [0.29, 0.717) is 18.2 Å². The van der Waals surface area contributed by atoms with Crippen LogP contribution < -0.4 is 0 Å². The van der Waals surface area contributed by atoms with Crippen LogP contribution >= 0.6 is 0 Å². The first-order chi connectivity index (χ1) is 6.63. The van der Waals surface area contributed by atoms with Crippen molar-refractivity contribution in [2.75, 3.05) is 0 Å². The molecule has 0 aromatic carbocycles. The number of rotatable bonds is 5. The van der Waals surface area contributed by atoms with Crippen LogP contribution in [0.1, 0.15) is 45.7 Å². The SMILES string of the molecule is CCCC(O)n1nnc(CC(C)C)n1. The number of nitrogens with zero attached hydrogens (tertiary/aromatic N) is 4. The zero-order valence-corrected chi connectivity index (χ0v) is 9.01. The summed E-state index contributed by atoms with van der Waals surface area (Å²) < 4.78 is 0. The molecule has 0 amide bonds. The van der Waals surface area contributed by atoms with Crippen molar-refractivity contribution < 1.29 is 5.11 Å². The average Bonchev–Trinajstić information content (AvgIpc) is 2.52. The molecule has 1 atom stereocenters. The van der Waals surface area contributed by atoms with Gasteiger partial charge in [0.05, 0.1) is 0 Å². The molecule has 5 heteroatoms. The fourth-order valence-electron chi connectivity index (χ4n) is 1.20. The summed E-state index contributed by atoms with van der Waals surface area (Å²) in [6.07, 6.45) is 1.74. The molecule has 0 aliphatic carbocycles. The summed E-state index contributed by atoms with van der Waals surface area (Å²) in [5, 5.41) is 21.4. The van der Waals surface area contributed by atoms with Gasteiger partial charge in [0.2, 0.25) is 0 Å². The zero-order chi connectivity index (χ0) is 10.6. The molecular weight excluding hydrogens is 180 g/mol. The molecule has 0 aliphatic rings. The molecule has 0 fully saturated rings. The molecule has 0 saturated heterocycles. The number of aliphatic hydroxyl groups excluding tert-OH is 1. The molecule has 0 saturated carbocycles. The third-order valence-corrected chi connectivity index (χ3v) is 1.87. The van der Waals surface area contributed by atoms with E-state index in [-0.39, 0.29) is 0 Å². The standard InChI is InChI=1S/C9H18N4O/c1-4-5-9(14)13-11-8(10-12-13)6-7(2)3/h7,9,14H,4-6H2,1-3H3. The second kappa shape index (κ2) is 5.05. The van der Waals surface area contributed by atoms with Crippen LogP contribution in [-0.2, 0) is 6.42 Å². The van der Waals surface area contributed by atoms with Gasteiger partial charge in [-0.2, -0.15) is 0 Å². The Labute approximate surface area is 84.1 Å². The number of aliphatic hydroxyl groups is 1. The van der Waals surface area contributed by atoms with E-state index in [1.165, 1.54) is 4.80 Å². The summed E-state index contributed by atoms with van der Waals surface area (Å²) in [4.78, 5) is 1.29. The first-order valence-corrected chi connectivity index (χ1v) is 5.10. The number of hydrogen-bond donors (Lipinski definition) is 1. The van der Waals surface area contributed by atoms with Gasteiger partial charge in [0.25, 0.3) is 0 Å². The highest BCUT2D eigenvalue weighted by atomic mass is 16.3. The van der Waals surface area contributed by atoms with Crippen molar-refractivity contribution >= 4 is 0 Å². The number of aromatic nitrogens is 4. The van der Waals surface area contributed by atoms with Gasteiger partial charge >= 0.3 is 0 Å². The molecule has 1 N–H and O–H groups in total. The maximum atomic E-state index is 9.57. The van der Waals surface area contributed by atoms with Gasteiger partial charge in [0.1, 0.15) is 0 Å². The quantitative estimate of drug-likeness (QED) is 0.771. The predicted molar refractivity (Wildman–Crippen MR) is 52.5 cm³/mol. The molecular formula is C9H18N4O. The molecule has 1 rings (SSSR count). The molecule has 1 aromatic heterocycles. The Morgan fingerprint density at radius 3 is 2.71 bits per heavy atom. The molecule has 1 heterocycles. The van der Waals surface area contributed by atoms with Crippen LogP contribution in [0.15, 0.2) is 0 Å². The van der Waals surface area contributed by atoms with Crippen molar-refractivity contribution in [3.8, 4) is 0 Å². The minimum Gasteiger partial charge on any atom is -0.370 e. The Morgan fingerprint density at radius 2 is 2.14 bits per heavy atom. The summed E-state index contributed by atoms with van der Waals surface area (Å²) in [7, 11) is 0. The maximum absolute atomic E-state index is 9.57. The summed E-state index contributed by atoms with van der Waals surface area (Å²) in [5.74, 6) is 1.21. The van der Waals surface area contributed by atoms with Gasteiger partial charge in [-0.3, -0.25) is 0 Å². The van der Waals surface area contributed by atoms with Crippen LogP contribution in [0, 0.1) is 5.92 Å². The van der Waals surface area contributed by atoms with Crippen molar-refractivity contribution in [2.45, 2.75) is 46.3 Å². The monoisotopic (exact) mass is 198 g/mol. The molecule has 1 unspecified atom stereocenters. The van der Waals surface area contributed by atoms with Gasteiger partial charge < -0.3 is 5.11 Å². The van der Waals surface area contributed by atoms with Crippen LogP contribution in [0.25, 0.3) is 0 Å². The average molecular weight is 198 g/mol. The van der Waals surface area contributed by atoms with E-state index < -0.39 is 6.23 Å². The highest BCUT2D eigenvalue weighted by molar-refractivity contribution is 4.78. The summed E-state index contributed by atoms with van der Waals surface area (Å²) in [6.45, 7) is 6.21. The second-order valence-electron chi connectivity index (χ2n) is 3.89. The van der Waals surface area contributed by atoms with Gasteiger partial charge in [-0.05, 0) is 17.6 Å². The Morgan fingerprint density at radius 1 is 1.43 bits per heavy atom. The Bertz CT molecular complexity index is 272. The Kier molecular flexibility index (Phi) is 4.00. The van der Waals surface area contributed by atoms with E-state index in [4.69, 9.17) is 0 Å². The van der Waals surface area contributed by atoms with Crippen molar-refractivity contribution in [1.82, 2.24) is 20.2 Å². The highest BCUT2D eigenvalue weighted by Crippen LogP contribution is 2.07. The topological polar surface area (TPSA) is 63.8 Å². The van der Waals surface area contributed by atoms with Gasteiger partial charge in [-0.15, -0.1) is 15.0 Å². The largest absolute Gasteiger partial charge is 0.370 e. The Balaban J connectivity index is 2.58. The van der Waals surface area contributed by atoms with E-state index in [0.717, 1.165) is 12.8 Å². The third-order valence-electron chi connectivity index (χ3n) is 1.87. The minimum atomic E-state index is -0.631. The molecule has 5 nitrogen and oxygen atoms in total. The Hall–Kier alpha value is -0.970. The smallest absolute Gasteiger partial charge is 0.175 e. The molecule has 0 radical (unpaired) electrons. The molecule has 0 spiro atoms. The van der Waals surface area contributed by atoms with E-state index in [2.05, 4.69) is 29.3 Å². The molecule has 0 aliphatic heterocycles. The zero-order valence-electron chi connectivity index (χ0n) is 9.01. The van der Waals surface area contributed by atoms with Crippen LogP contribution in [0.3, 0.4) is 0 Å². The van der Waals surface area contributed by atoms with Gasteiger partial charge in [-0.25, -0.2) is 0 Å². The lowest BCUT2D eigenvalue weighted by Crippen LogP contribution is -2.11. The van der Waals surface area contributed by atoms with Gasteiger partial charge in [-0.1, -0.05) is 27.2 Å². The molecule has 1 aromatic rings. The second-order valence-corrected chi connectivity index (χ2v) is 3.89. The van der Waals surface area contributed by atoms with Crippen LogP contribution in [0.2, 0.25) is 0 Å². The fraction of sp³-hybridized carbons (Fsp3) is 0.889. The minimum absolute atomic E-state index is 0.510. The van der Waals surface area contributed by atoms with Crippen LogP contribution in [-0.4, -0.2) is 25.3 Å². The van der Waals surface area contributed by atoms with E-state index in [1.54, 1.807) is 0 Å². The van der Waals surface area contributed by atoms with E-state index >= 15 is 0 Å². The normalized spacial score (nSPS) is 13.5. The van der Waals surface area contributed by atoms with E-state index in [9.17, 15) is 5.11 Å². The molecule has 14 heavy (non-hydrogen) atoms. The van der Waals surface area contributed by atoms with Crippen molar-refractivity contribution in [3.05, 3.63) is 5.82 Å². The van der Waals surface area contributed by atoms with Crippen molar-refractivity contribution in [1.29, 1.82) is 0 Å². The van der Waals surface area contributed by atoms with Crippen LogP contribution in [0.5, 0.6) is 0 Å². The van der Waals surface area contributed by atoms with Crippen LogP contribution in [0.4, 0.5) is 0 Å². The summed E-state index contributed by atoms with van der Waals surface area (Å²) >= 11 is 0. The lowest BCUT2D eigenvalue weighted by atomic mass is 10.1. The lowest BCUT2D eigenvalue weighted by molar-refractivity contribution is 0.0642.